The Labute approximate surface area is 149 Å². The van der Waals surface area contributed by atoms with Crippen LogP contribution in [0.2, 0.25) is 0 Å². The van der Waals surface area contributed by atoms with Gasteiger partial charge in [0.2, 0.25) is 0 Å². The van der Waals surface area contributed by atoms with Crippen LogP contribution < -0.4 is 4.74 Å². The summed E-state index contributed by atoms with van der Waals surface area (Å²) < 4.78 is 11.5. The van der Waals surface area contributed by atoms with Gasteiger partial charge in [-0.15, -0.1) is 0 Å². The number of methoxy groups -OCH3 is 1. The van der Waals surface area contributed by atoms with Crippen LogP contribution in [0.4, 0.5) is 0 Å². The predicted octanol–water partition coefficient (Wildman–Crippen LogP) is 4.97. The van der Waals surface area contributed by atoms with Crippen molar-refractivity contribution in [3.63, 3.8) is 0 Å². The van der Waals surface area contributed by atoms with Gasteiger partial charge < -0.3 is 14.3 Å². The highest BCUT2D eigenvalue weighted by molar-refractivity contribution is 6.06. The topological polar surface area (TPSA) is 72.6 Å². The largest absolute Gasteiger partial charge is 0.492 e. The second kappa shape index (κ2) is 5.88. The molecule has 0 spiro atoms. The molecule has 0 saturated carbocycles. The molecule has 130 valence electrons. The van der Waals surface area contributed by atoms with Gasteiger partial charge >= 0.3 is 5.97 Å². The van der Waals surface area contributed by atoms with Crippen LogP contribution in [0, 0.1) is 13.8 Å². The lowest BCUT2D eigenvalue weighted by Crippen LogP contribution is -2.02. The van der Waals surface area contributed by atoms with Crippen molar-refractivity contribution in [3.05, 3.63) is 59.2 Å². The van der Waals surface area contributed by atoms with Crippen molar-refractivity contribution in [2.75, 3.05) is 7.11 Å². The van der Waals surface area contributed by atoms with Crippen molar-refractivity contribution in [1.82, 2.24) is 4.98 Å². The summed E-state index contributed by atoms with van der Waals surface area (Å²) in [7, 11) is 1.56. The average molecular weight is 347 g/mol. The van der Waals surface area contributed by atoms with Crippen LogP contribution in [0.1, 0.15) is 21.5 Å². The number of aromatic nitrogens is 1. The number of benzene rings is 2. The third-order valence-corrected chi connectivity index (χ3v) is 4.59. The number of rotatable bonds is 3. The molecular formula is C21H17NO4. The van der Waals surface area contributed by atoms with Gasteiger partial charge in [0.25, 0.3) is 0 Å². The van der Waals surface area contributed by atoms with Crippen molar-refractivity contribution < 1.29 is 19.1 Å². The second-order valence-corrected chi connectivity index (χ2v) is 6.24. The van der Waals surface area contributed by atoms with E-state index in [1.807, 2.05) is 50.2 Å². The third-order valence-electron chi connectivity index (χ3n) is 4.59. The van der Waals surface area contributed by atoms with Crippen LogP contribution in [-0.4, -0.2) is 23.2 Å². The summed E-state index contributed by atoms with van der Waals surface area (Å²) in [5, 5.41) is 11.2. The van der Waals surface area contributed by atoms with Crippen molar-refractivity contribution in [2.24, 2.45) is 0 Å². The van der Waals surface area contributed by atoms with Gasteiger partial charge in [-0.05, 0) is 43.2 Å². The number of furan rings is 1. The van der Waals surface area contributed by atoms with E-state index in [1.165, 1.54) is 0 Å². The minimum Gasteiger partial charge on any atom is -0.492 e. The fourth-order valence-electron chi connectivity index (χ4n) is 3.32. The molecule has 2 heterocycles. The third kappa shape index (κ3) is 2.32. The van der Waals surface area contributed by atoms with E-state index in [2.05, 4.69) is 0 Å². The van der Waals surface area contributed by atoms with Gasteiger partial charge in [-0.2, -0.15) is 0 Å². The van der Waals surface area contributed by atoms with E-state index in [-0.39, 0.29) is 5.56 Å². The molecule has 0 aliphatic rings. The summed E-state index contributed by atoms with van der Waals surface area (Å²) in [5.74, 6) is -0.0180. The van der Waals surface area contributed by atoms with Gasteiger partial charge in [0.1, 0.15) is 11.3 Å². The molecule has 0 aliphatic carbocycles. The number of nitrogens with zero attached hydrogens (tertiary/aromatic N) is 1. The van der Waals surface area contributed by atoms with Crippen molar-refractivity contribution in [2.45, 2.75) is 13.8 Å². The monoisotopic (exact) mass is 347 g/mol. The Bertz CT molecular complexity index is 1170. The molecule has 5 nitrogen and oxygen atoms in total. The van der Waals surface area contributed by atoms with Gasteiger partial charge in [-0.25, -0.2) is 9.78 Å². The smallest absolute Gasteiger partial charge is 0.336 e. The SMILES string of the molecule is COc1c(-c2cc(C(=O)O)c3c(C)ccc(C)c3n2)oc2ccccc12. The maximum absolute atomic E-state index is 11.9. The number of pyridine rings is 1. The molecule has 2 aromatic carbocycles. The van der Waals surface area contributed by atoms with E-state index in [0.717, 1.165) is 16.5 Å². The summed E-state index contributed by atoms with van der Waals surface area (Å²) in [5.41, 5.74) is 3.75. The summed E-state index contributed by atoms with van der Waals surface area (Å²) in [6, 6.07) is 12.9. The highest BCUT2D eigenvalue weighted by Gasteiger charge is 2.22. The van der Waals surface area contributed by atoms with Crippen LogP contribution in [0.15, 0.2) is 46.9 Å². The fraction of sp³-hybridized carbons (Fsp3) is 0.143. The van der Waals surface area contributed by atoms with Gasteiger partial charge in [0.05, 0.1) is 23.6 Å². The molecule has 0 radical (unpaired) electrons. The highest BCUT2D eigenvalue weighted by atomic mass is 16.5. The first-order valence-electron chi connectivity index (χ1n) is 8.21. The first-order chi connectivity index (χ1) is 12.5. The van der Waals surface area contributed by atoms with Gasteiger partial charge in [-0.3, -0.25) is 0 Å². The van der Waals surface area contributed by atoms with E-state index >= 15 is 0 Å². The Morgan fingerprint density at radius 1 is 1.12 bits per heavy atom. The molecule has 1 N–H and O–H groups in total. The summed E-state index contributed by atoms with van der Waals surface area (Å²) in [6.45, 7) is 3.80. The fourth-order valence-corrected chi connectivity index (χ4v) is 3.32. The lowest BCUT2D eigenvalue weighted by atomic mass is 9.99. The maximum atomic E-state index is 11.9. The van der Waals surface area contributed by atoms with Crippen LogP contribution in [0.25, 0.3) is 33.3 Å². The molecule has 5 heteroatoms. The van der Waals surface area contributed by atoms with Crippen molar-refractivity contribution in [3.8, 4) is 17.2 Å². The molecule has 0 aliphatic heterocycles. The number of fused-ring (bicyclic) bond motifs is 2. The van der Waals surface area contributed by atoms with Crippen LogP contribution in [-0.2, 0) is 0 Å². The van der Waals surface area contributed by atoms with E-state index in [9.17, 15) is 9.90 Å². The number of carbonyl (C=O) groups is 1. The zero-order valence-electron chi connectivity index (χ0n) is 14.7. The first-order valence-corrected chi connectivity index (χ1v) is 8.21. The molecule has 4 aromatic rings. The first kappa shape index (κ1) is 16.1. The van der Waals surface area contributed by atoms with Crippen LogP contribution in [0.3, 0.4) is 0 Å². The highest BCUT2D eigenvalue weighted by Crippen LogP contribution is 2.40. The Morgan fingerprint density at radius 2 is 1.85 bits per heavy atom. The number of carboxylic acids is 1. The van der Waals surface area contributed by atoms with Gasteiger partial charge in [0, 0.05) is 5.39 Å². The second-order valence-electron chi connectivity index (χ2n) is 6.24. The molecule has 0 bridgehead atoms. The molecule has 0 atom stereocenters. The number of para-hydroxylation sites is 1. The van der Waals surface area contributed by atoms with E-state index in [4.69, 9.17) is 14.1 Å². The Balaban J connectivity index is 2.11. The van der Waals surface area contributed by atoms with E-state index in [0.29, 0.717) is 33.7 Å². The minimum absolute atomic E-state index is 0.203. The zero-order valence-corrected chi connectivity index (χ0v) is 14.7. The molecule has 4 rings (SSSR count). The predicted molar refractivity (Wildman–Crippen MR) is 99.9 cm³/mol. The molecule has 26 heavy (non-hydrogen) atoms. The van der Waals surface area contributed by atoms with Gasteiger partial charge in [-0.1, -0.05) is 24.3 Å². The number of aryl methyl sites for hydroxylation is 2. The van der Waals surface area contributed by atoms with Crippen LogP contribution >= 0.6 is 0 Å². The molecule has 2 aromatic heterocycles. The maximum Gasteiger partial charge on any atom is 0.336 e. The molecular weight excluding hydrogens is 330 g/mol. The number of hydrogen-bond acceptors (Lipinski definition) is 4. The lowest BCUT2D eigenvalue weighted by molar-refractivity contribution is 0.0699. The molecule has 0 fully saturated rings. The number of hydrogen-bond donors (Lipinski definition) is 1. The Morgan fingerprint density at radius 3 is 2.58 bits per heavy atom. The normalized spacial score (nSPS) is 11.2. The number of aromatic carboxylic acids is 1. The van der Waals surface area contributed by atoms with Gasteiger partial charge in [0.15, 0.2) is 11.5 Å². The van der Waals surface area contributed by atoms with Crippen molar-refractivity contribution >= 4 is 27.8 Å². The van der Waals surface area contributed by atoms with E-state index < -0.39 is 5.97 Å². The van der Waals surface area contributed by atoms with E-state index in [1.54, 1.807) is 13.2 Å². The Hall–Kier alpha value is -3.34. The minimum atomic E-state index is -0.998. The summed E-state index contributed by atoms with van der Waals surface area (Å²) >= 11 is 0. The lowest BCUT2D eigenvalue weighted by Gasteiger charge is -2.11. The Kier molecular flexibility index (Phi) is 3.65. The molecule has 0 amide bonds. The van der Waals surface area contributed by atoms with Crippen LogP contribution in [0.5, 0.6) is 5.75 Å². The molecule has 0 saturated heterocycles. The van der Waals surface area contributed by atoms with Crippen molar-refractivity contribution in [1.29, 1.82) is 0 Å². The standard InChI is InChI=1S/C21H17NO4/c1-11-8-9-12(2)18-17(11)14(21(23)24)10-15(22-18)20-19(25-3)13-6-4-5-7-16(13)26-20/h4-10H,1-3H3,(H,23,24). The summed E-state index contributed by atoms with van der Waals surface area (Å²) in [4.78, 5) is 16.6. The number of carboxylic acid groups (broad SMARTS) is 1. The quantitative estimate of drug-likeness (QED) is 0.566. The summed E-state index contributed by atoms with van der Waals surface area (Å²) in [6.07, 6.45) is 0. The average Bonchev–Trinajstić information content (AvgIpc) is 3.02. The zero-order chi connectivity index (χ0) is 18.4. The molecule has 0 unspecified atom stereocenters. The number of ether oxygens (including phenoxy) is 1.